The second-order valence-corrected chi connectivity index (χ2v) is 16.5. The van der Waals surface area contributed by atoms with Gasteiger partial charge < -0.3 is 34.0 Å². The standard InChI is InChI=1S/C50H54FN3O11/c1-3-25-62-50-46(53(49(58)61-2)30-33-13-17-37(51)18-14-33)29-44(52-63-32-34-15-19-38(20-16-34)54(59)60)42-27-36(10-4-6-23-55)41(12-5-7-24-56)47(48(42)50)43-28-40(21-22-45(43)65-50)64-39-11-8-9-35(26-39)31-57/h3,8-9,11,13-22,26-28,31,36,41,46-48,55-56H,1,4-7,10,12,23-25,29-30,32H2,2H3/t36-,41+,46-,47+,48+,50+/m0/s1. The van der Waals surface area contributed by atoms with E-state index in [1.807, 2.05) is 12.1 Å². The number of hydrogen-bond donors (Lipinski definition) is 2. The lowest BCUT2D eigenvalue weighted by molar-refractivity contribution is -0.384. The van der Waals surface area contributed by atoms with Gasteiger partial charge in [-0.25, -0.2) is 9.18 Å². The minimum absolute atomic E-state index is 0.0169. The molecule has 4 aromatic carbocycles. The van der Waals surface area contributed by atoms with Crippen LogP contribution in [-0.4, -0.2) is 76.9 Å². The number of rotatable bonds is 21. The minimum atomic E-state index is -1.60. The monoisotopic (exact) mass is 891 g/mol. The molecule has 1 saturated carbocycles. The average Bonchev–Trinajstić information content (AvgIpc) is 3.32. The fourth-order valence-electron chi connectivity index (χ4n) is 9.60. The third kappa shape index (κ3) is 10.4. The maximum atomic E-state index is 14.2. The van der Waals surface area contributed by atoms with Crippen LogP contribution in [0.25, 0.3) is 0 Å². The second kappa shape index (κ2) is 21.5. The van der Waals surface area contributed by atoms with E-state index in [2.05, 4.69) is 12.7 Å². The predicted molar refractivity (Wildman–Crippen MR) is 239 cm³/mol. The highest BCUT2D eigenvalue weighted by atomic mass is 19.1. The SMILES string of the molecule is C=CCO[C@@]12Oc3ccc(Oc4cccc(C=O)c4)cc3[C@H]3[C@H](CCCCO)[C@@H](CCCCO)C=C(C(=NOCc4ccc([N+](=O)[O-])cc4)C[C@@H]1N(Cc1ccc(F)cc1)C(=O)OC)[C@H]32. The second-order valence-electron chi connectivity index (χ2n) is 16.5. The van der Waals surface area contributed by atoms with Gasteiger partial charge in [0.05, 0.1) is 30.3 Å². The first-order chi connectivity index (χ1) is 31.6. The molecule has 1 fully saturated rings. The van der Waals surface area contributed by atoms with Crippen LogP contribution in [0.4, 0.5) is 14.9 Å². The summed E-state index contributed by atoms with van der Waals surface area (Å²) >= 11 is 0. The Hall–Kier alpha value is -6.42. The summed E-state index contributed by atoms with van der Waals surface area (Å²) in [6.45, 7) is 4.02. The summed E-state index contributed by atoms with van der Waals surface area (Å²) in [5.41, 5.74) is 3.78. The lowest BCUT2D eigenvalue weighted by Gasteiger charge is -2.59. The van der Waals surface area contributed by atoms with Gasteiger partial charge in [-0.1, -0.05) is 54.4 Å². The van der Waals surface area contributed by atoms with E-state index in [1.54, 1.807) is 60.7 Å². The lowest BCUT2D eigenvalue weighted by atomic mass is 9.55. The molecule has 14 nitrogen and oxygen atoms in total. The van der Waals surface area contributed by atoms with E-state index in [1.165, 1.54) is 36.3 Å². The van der Waals surface area contributed by atoms with E-state index in [0.717, 1.165) is 30.3 Å². The molecule has 0 spiro atoms. The number of non-ortho nitro benzene ring substituents is 1. The number of hydrogen-bond acceptors (Lipinski definition) is 12. The molecule has 0 radical (unpaired) electrons. The fraction of sp³-hybridized carbons (Fsp3) is 0.380. The average molecular weight is 892 g/mol. The van der Waals surface area contributed by atoms with Crippen molar-refractivity contribution >= 4 is 23.8 Å². The van der Waals surface area contributed by atoms with Gasteiger partial charge in [-0.3, -0.25) is 19.8 Å². The Labute approximate surface area is 377 Å². The van der Waals surface area contributed by atoms with Gasteiger partial charge in [0.15, 0.2) is 0 Å². The topological polar surface area (TPSA) is 179 Å². The predicted octanol–water partition coefficient (Wildman–Crippen LogP) is 9.44. The molecular weight excluding hydrogens is 838 g/mol. The van der Waals surface area contributed by atoms with Crippen molar-refractivity contribution in [3.8, 4) is 17.2 Å². The number of unbranched alkanes of at least 4 members (excludes halogenated alkanes) is 2. The number of benzene rings is 4. The Balaban J connectivity index is 1.44. The zero-order valence-electron chi connectivity index (χ0n) is 36.3. The van der Waals surface area contributed by atoms with Gasteiger partial charge in [-0.05, 0) is 109 Å². The van der Waals surface area contributed by atoms with E-state index in [9.17, 15) is 34.3 Å². The van der Waals surface area contributed by atoms with Gasteiger partial charge in [0.25, 0.3) is 5.69 Å². The number of carbonyl (C=O) groups is 2. The van der Waals surface area contributed by atoms with Crippen LogP contribution < -0.4 is 9.47 Å². The Bertz CT molecular complexity index is 2370. The summed E-state index contributed by atoms with van der Waals surface area (Å²) in [5, 5.41) is 36.0. The van der Waals surface area contributed by atoms with Crippen LogP contribution in [0.5, 0.6) is 17.2 Å². The number of nitro benzene ring substituents is 1. The van der Waals surface area contributed by atoms with Crippen molar-refractivity contribution in [2.24, 2.45) is 22.9 Å². The number of oxime groups is 1. The third-order valence-electron chi connectivity index (χ3n) is 12.5. The van der Waals surface area contributed by atoms with E-state index in [-0.39, 0.29) is 62.8 Å². The molecule has 0 bridgehead atoms. The molecule has 1 heterocycles. The molecule has 4 aromatic rings. The Morgan fingerprint density at radius 3 is 2.40 bits per heavy atom. The third-order valence-corrected chi connectivity index (χ3v) is 12.5. The van der Waals surface area contributed by atoms with Crippen LogP contribution in [0.2, 0.25) is 0 Å². The molecule has 0 aromatic heterocycles. The summed E-state index contributed by atoms with van der Waals surface area (Å²) in [4.78, 5) is 44.4. The smallest absolute Gasteiger partial charge is 0.410 e. The number of methoxy groups -OCH3 is 1. The first kappa shape index (κ1) is 46.6. The van der Waals surface area contributed by atoms with Crippen LogP contribution in [0, 0.1) is 33.7 Å². The summed E-state index contributed by atoms with van der Waals surface area (Å²) in [5.74, 6) is -1.74. The van der Waals surface area contributed by atoms with Crippen molar-refractivity contribution in [2.45, 2.75) is 75.8 Å². The van der Waals surface area contributed by atoms with Gasteiger partial charge in [-0.15, -0.1) is 6.58 Å². The van der Waals surface area contributed by atoms with Crippen LogP contribution in [0.15, 0.2) is 120 Å². The molecule has 3 aliphatic rings. The number of halogens is 1. The van der Waals surface area contributed by atoms with Crippen LogP contribution in [-0.2, 0) is 27.5 Å². The van der Waals surface area contributed by atoms with E-state index >= 15 is 0 Å². The van der Waals surface area contributed by atoms with E-state index in [0.29, 0.717) is 65.3 Å². The summed E-state index contributed by atoms with van der Waals surface area (Å²) in [6.07, 6.45) is 7.98. The summed E-state index contributed by atoms with van der Waals surface area (Å²) in [6, 6.07) is 23.3. The number of carbonyl (C=O) groups excluding carboxylic acids is 2. The molecule has 7 rings (SSSR count). The maximum absolute atomic E-state index is 14.2. The molecule has 15 heteroatoms. The molecule has 2 N–H and O–H groups in total. The minimum Gasteiger partial charge on any atom is -0.459 e. The van der Waals surface area contributed by atoms with E-state index < -0.39 is 34.6 Å². The molecule has 1 aliphatic heterocycles. The number of fused-ring (bicyclic) bond motifs is 2. The summed E-state index contributed by atoms with van der Waals surface area (Å²) < 4.78 is 40.4. The first-order valence-electron chi connectivity index (χ1n) is 21.9. The van der Waals surface area contributed by atoms with Gasteiger partial charge in [0.1, 0.15) is 42.0 Å². The van der Waals surface area contributed by atoms with Crippen molar-refractivity contribution in [2.75, 3.05) is 26.9 Å². The zero-order chi connectivity index (χ0) is 45.9. The van der Waals surface area contributed by atoms with E-state index in [4.69, 9.17) is 28.9 Å². The van der Waals surface area contributed by atoms with Crippen molar-refractivity contribution in [3.05, 3.63) is 153 Å². The first-order valence-corrected chi connectivity index (χ1v) is 21.9. The Kier molecular flexibility index (Phi) is 15.4. The molecule has 6 atom stereocenters. The van der Waals surface area contributed by atoms with Crippen LogP contribution in [0.3, 0.4) is 0 Å². The quantitative estimate of drug-likeness (QED) is 0.0268. The fourth-order valence-corrected chi connectivity index (χ4v) is 9.60. The lowest BCUT2D eigenvalue weighted by Crippen LogP contribution is -2.70. The van der Waals surface area contributed by atoms with Gasteiger partial charge in [0, 0.05) is 55.4 Å². The van der Waals surface area contributed by atoms with Crippen molar-refractivity contribution < 1.29 is 52.9 Å². The number of aliphatic hydroxyl groups excluding tert-OH is 2. The molecule has 0 unspecified atom stereocenters. The Morgan fingerprint density at radius 2 is 1.71 bits per heavy atom. The highest BCUT2D eigenvalue weighted by molar-refractivity contribution is 6.03. The number of allylic oxidation sites excluding steroid dienone is 1. The van der Waals surface area contributed by atoms with Gasteiger partial charge in [-0.2, -0.15) is 0 Å². The molecule has 2 aliphatic carbocycles. The number of nitrogens with zero attached hydrogens (tertiary/aromatic N) is 3. The molecule has 65 heavy (non-hydrogen) atoms. The molecule has 1 amide bonds. The Morgan fingerprint density at radius 1 is 0.985 bits per heavy atom. The molecule has 0 saturated heterocycles. The summed E-state index contributed by atoms with van der Waals surface area (Å²) in [7, 11) is 1.29. The number of aliphatic hydroxyl groups is 2. The van der Waals surface area contributed by atoms with Crippen molar-refractivity contribution in [1.82, 2.24) is 4.90 Å². The van der Waals surface area contributed by atoms with Gasteiger partial charge in [0.2, 0.25) is 5.79 Å². The highest BCUT2D eigenvalue weighted by Crippen LogP contribution is 2.62. The van der Waals surface area contributed by atoms with Crippen molar-refractivity contribution in [1.29, 1.82) is 0 Å². The van der Waals surface area contributed by atoms with Crippen LogP contribution >= 0.6 is 0 Å². The number of amides is 1. The number of aldehydes is 1. The molecular formula is C50H54FN3O11. The maximum Gasteiger partial charge on any atom is 0.410 e. The highest BCUT2D eigenvalue weighted by Gasteiger charge is 2.65. The molecule has 342 valence electrons. The van der Waals surface area contributed by atoms with Crippen LogP contribution in [0.1, 0.15) is 77.9 Å². The largest absolute Gasteiger partial charge is 0.459 e. The van der Waals surface area contributed by atoms with Crippen molar-refractivity contribution in [3.63, 3.8) is 0 Å². The number of ether oxygens (including phenoxy) is 4. The normalized spacial score (nSPS) is 22.4. The van der Waals surface area contributed by atoms with Gasteiger partial charge >= 0.3 is 6.09 Å². The zero-order valence-corrected chi connectivity index (χ0v) is 36.3. The number of nitro groups is 1.